The van der Waals surface area contributed by atoms with E-state index in [1.165, 1.54) is 19.4 Å². The van der Waals surface area contributed by atoms with E-state index in [9.17, 15) is 14.4 Å². The van der Waals surface area contributed by atoms with Crippen molar-refractivity contribution in [3.63, 3.8) is 0 Å². The number of aromatic amines is 1. The molecule has 0 atom stereocenters. The molecule has 3 fully saturated rings. The third kappa shape index (κ3) is 6.80. The fourth-order valence-corrected chi connectivity index (χ4v) is 8.31. The van der Waals surface area contributed by atoms with Gasteiger partial charge in [0, 0.05) is 87.6 Å². The van der Waals surface area contributed by atoms with Crippen LogP contribution >= 0.6 is 0 Å². The molecule has 0 spiro atoms. The zero-order valence-electron chi connectivity index (χ0n) is 30.3. The average molecular weight is 681 g/mol. The molecule has 50 heavy (non-hydrogen) atoms. The Labute approximate surface area is 294 Å². The van der Waals surface area contributed by atoms with Gasteiger partial charge < -0.3 is 24.8 Å². The molecule has 0 unspecified atom stereocenters. The van der Waals surface area contributed by atoms with Gasteiger partial charge >= 0.3 is 5.69 Å². The number of imidazole rings is 1. The number of carbonyl (C=O) groups excluding carboxylic acids is 1. The topological polar surface area (TPSA) is 105 Å². The van der Waals surface area contributed by atoms with Gasteiger partial charge in [-0.3, -0.25) is 18.7 Å². The second-order valence-electron chi connectivity index (χ2n) is 14.8. The number of anilines is 1. The molecule has 2 aromatic carbocycles. The molecule has 266 valence electrons. The van der Waals surface area contributed by atoms with Gasteiger partial charge in [-0.15, -0.1) is 0 Å². The Kier molecular flexibility index (Phi) is 9.76. The van der Waals surface area contributed by atoms with Crippen LogP contribution in [-0.4, -0.2) is 70.4 Å². The number of hydrogen-bond donors (Lipinski definition) is 2. The Morgan fingerprint density at radius 2 is 1.68 bits per heavy atom. The zero-order valence-corrected chi connectivity index (χ0v) is 30.3. The Morgan fingerprint density at radius 1 is 0.940 bits per heavy atom. The number of aryl methyl sites for hydroxylation is 3. The quantitative estimate of drug-likeness (QED) is 0.226. The fourth-order valence-electron chi connectivity index (χ4n) is 8.31. The highest BCUT2D eigenvalue weighted by atomic mass is 16.5. The molecule has 2 N–H and O–H groups in total. The summed E-state index contributed by atoms with van der Waals surface area (Å²) >= 11 is 0. The summed E-state index contributed by atoms with van der Waals surface area (Å²) in [6.07, 6.45) is 6.50. The molecule has 1 amide bonds. The number of amides is 1. The first-order chi connectivity index (χ1) is 24.1. The maximum Gasteiger partial charge on any atom is 0.329 e. The van der Waals surface area contributed by atoms with Crippen molar-refractivity contribution in [1.82, 2.24) is 24.3 Å². The summed E-state index contributed by atoms with van der Waals surface area (Å²) < 4.78 is 9.50. The van der Waals surface area contributed by atoms with E-state index in [1.807, 2.05) is 50.6 Å². The van der Waals surface area contributed by atoms with Gasteiger partial charge in [0.25, 0.3) is 11.5 Å². The van der Waals surface area contributed by atoms with Gasteiger partial charge in [0.15, 0.2) is 0 Å². The van der Waals surface area contributed by atoms with E-state index in [0.717, 1.165) is 109 Å². The molecule has 10 heteroatoms. The molecule has 2 aliphatic heterocycles. The van der Waals surface area contributed by atoms with E-state index in [0.29, 0.717) is 17.2 Å². The van der Waals surface area contributed by atoms with E-state index < -0.39 is 0 Å². The van der Waals surface area contributed by atoms with Gasteiger partial charge in [-0.05, 0) is 125 Å². The highest BCUT2D eigenvalue weighted by Gasteiger charge is 2.30. The van der Waals surface area contributed by atoms with E-state index >= 15 is 0 Å². The first-order valence-corrected chi connectivity index (χ1v) is 18.5. The third-order valence-corrected chi connectivity index (χ3v) is 11.4. The summed E-state index contributed by atoms with van der Waals surface area (Å²) in [7, 11) is 1.86. The second kappa shape index (κ2) is 14.2. The molecule has 4 heterocycles. The van der Waals surface area contributed by atoms with Crippen LogP contribution in [0.25, 0.3) is 22.2 Å². The lowest BCUT2D eigenvalue weighted by molar-refractivity contribution is 0.0846. The lowest BCUT2D eigenvalue weighted by atomic mass is 9.94. The number of pyridine rings is 1. The van der Waals surface area contributed by atoms with Crippen molar-refractivity contribution in [2.45, 2.75) is 84.8 Å². The van der Waals surface area contributed by atoms with Crippen LogP contribution in [0.4, 0.5) is 5.69 Å². The molecule has 10 nitrogen and oxygen atoms in total. The third-order valence-electron chi connectivity index (χ3n) is 11.4. The normalized spacial score (nSPS) is 17.8. The molecule has 0 radical (unpaired) electrons. The molecule has 2 aromatic heterocycles. The van der Waals surface area contributed by atoms with Crippen LogP contribution < -0.4 is 21.5 Å². The minimum atomic E-state index is -0.219. The van der Waals surface area contributed by atoms with Gasteiger partial charge in [-0.25, -0.2) is 4.79 Å². The predicted molar refractivity (Wildman–Crippen MR) is 199 cm³/mol. The Morgan fingerprint density at radius 3 is 2.36 bits per heavy atom. The van der Waals surface area contributed by atoms with E-state index in [1.54, 1.807) is 4.57 Å². The molecule has 0 bridgehead atoms. The first kappa shape index (κ1) is 34.3. The second-order valence-corrected chi connectivity index (χ2v) is 14.8. The van der Waals surface area contributed by atoms with Crippen molar-refractivity contribution < 1.29 is 9.53 Å². The van der Waals surface area contributed by atoms with Crippen molar-refractivity contribution in [3.05, 3.63) is 85.2 Å². The molecule has 3 aliphatic rings. The maximum absolute atomic E-state index is 14.1. The SMILES string of the molecule is CCN(c1cc(-c2ccc3c(c2)n(C2CCN(CC4CC4)CC2)c(=O)n3C)cc(C(=O)NCc2c(C)cc(C)[nH]c2=O)c1C)C1CCOCC1. The number of benzene rings is 2. The number of hydrogen-bond acceptors (Lipinski definition) is 6. The van der Waals surface area contributed by atoms with Crippen LogP contribution in [0, 0.1) is 26.7 Å². The summed E-state index contributed by atoms with van der Waals surface area (Å²) in [5.74, 6) is 0.647. The number of H-pyrrole nitrogens is 1. The number of aromatic nitrogens is 3. The van der Waals surface area contributed by atoms with Crippen LogP contribution in [-0.2, 0) is 18.3 Å². The molecule has 4 aromatic rings. The summed E-state index contributed by atoms with van der Waals surface area (Å²) in [6, 6.07) is 12.8. The smallest absolute Gasteiger partial charge is 0.329 e. The van der Waals surface area contributed by atoms with Crippen molar-refractivity contribution >= 4 is 22.6 Å². The minimum absolute atomic E-state index is 0.0283. The van der Waals surface area contributed by atoms with Crippen molar-refractivity contribution in [3.8, 4) is 11.1 Å². The highest BCUT2D eigenvalue weighted by Crippen LogP contribution is 2.36. The number of rotatable bonds is 10. The maximum atomic E-state index is 14.1. The number of nitrogens with one attached hydrogen (secondary N) is 2. The lowest BCUT2D eigenvalue weighted by Crippen LogP contribution is -2.40. The monoisotopic (exact) mass is 680 g/mol. The van der Waals surface area contributed by atoms with Crippen LogP contribution in [0.5, 0.6) is 0 Å². The number of fused-ring (bicyclic) bond motifs is 1. The van der Waals surface area contributed by atoms with Crippen LogP contribution in [0.15, 0.2) is 46.0 Å². The van der Waals surface area contributed by atoms with Crippen molar-refractivity contribution in [2.75, 3.05) is 44.3 Å². The molecule has 1 saturated carbocycles. The predicted octanol–water partition coefficient (Wildman–Crippen LogP) is 5.60. The van der Waals surface area contributed by atoms with Crippen LogP contribution in [0.1, 0.15) is 84.2 Å². The molecular formula is C40H52N6O4. The Hall–Kier alpha value is -4.15. The van der Waals surface area contributed by atoms with Crippen molar-refractivity contribution in [1.29, 1.82) is 0 Å². The molecule has 1 aliphatic carbocycles. The minimum Gasteiger partial charge on any atom is -0.381 e. The summed E-state index contributed by atoms with van der Waals surface area (Å²) in [6.45, 7) is 13.6. The zero-order chi connectivity index (χ0) is 35.1. The number of likely N-dealkylation sites (tertiary alicyclic amines) is 1. The Balaban J connectivity index is 1.27. The molecule has 7 rings (SSSR count). The lowest BCUT2D eigenvalue weighted by Gasteiger charge is -2.37. The average Bonchev–Trinajstić information content (AvgIpc) is 3.89. The van der Waals surface area contributed by atoms with Gasteiger partial charge in [0.2, 0.25) is 0 Å². The number of piperidine rings is 1. The number of ether oxygens (including phenoxy) is 1. The van der Waals surface area contributed by atoms with Gasteiger partial charge in [-0.1, -0.05) is 6.07 Å². The summed E-state index contributed by atoms with van der Waals surface area (Å²) in [5, 5.41) is 3.06. The molecular weight excluding hydrogens is 628 g/mol. The van der Waals surface area contributed by atoms with Crippen LogP contribution in [0.2, 0.25) is 0 Å². The first-order valence-electron chi connectivity index (χ1n) is 18.5. The highest BCUT2D eigenvalue weighted by molar-refractivity contribution is 5.99. The molecule has 2 saturated heterocycles. The largest absolute Gasteiger partial charge is 0.381 e. The Bertz CT molecular complexity index is 2010. The summed E-state index contributed by atoms with van der Waals surface area (Å²) in [4.78, 5) is 48.4. The van der Waals surface area contributed by atoms with E-state index in [2.05, 4.69) is 45.2 Å². The number of nitrogens with zero attached hydrogens (tertiary/aromatic N) is 4. The van der Waals surface area contributed by atoms with E-state index in [-0.39, 0.29) is 29.7 Å². The fraction of sp³-hybridized carbons (Fsp3) is 0.525. The van der Waals surface area contributed by atoms with E-state index in [4.69, 9.17) is 4.74 Å². The van der Waals surface area contributed by atoms with Crippen LogP contribution in [0.3, 0.4) is 0 Å². The van der Waals surface area contributed by atoms with Gasteiger partial charge in [-0.2, -0.15) is 0 Å². The van der Waals surface area contributed by atoms with Gasteiger partial charge in [0.05, 0.1) is 11.0 Å². The standard InChI is InChI=1S/C40H52N6O4/c1-6-45(31-13-17-50-18-14-31)36-22-30(20-33(27(36)4)38(47)41-23-34-25(2)19-26(3)42-39(34)48)29-9-10-35-37(21-29)46(40(49)43(35)5)32-11-15-44(16-12-32)24-28-7-8-28/h9-10,19-22,28,31-32H,6-8,11-18,23-24H2,1-5H3,(H,41,47)(H,42,48). The number of carbonyl (C=O) groups is 1. The van der Waals surface area contributed by atoms with Gasteiger partial charge in [0.1, 0.15) is 0 Å². The van der Waals surface area contributed by atoms with Crippen molar-refractivity contribution in [2.24, 2.45) is 13.0 Å². The summed E-state index contributed by atoms with van der Waals surface area (Å²) in [5.41, 5.74) is 8.32.